The Balaban J connectivity index is 0.00000180. The molecule has 1 N–H and O–H groups in total. The molecule has 0 saturated carbocycles. The molecule has 2 aromatic heterocycles. The summed E-state index contributed by atoms with van der Waals surface area (Å²) in [5.41, 5.74) is 1.38. The van der Waals surface area contributed by atoms with Crippen LogP contribution in [-0.4, -0.2) is 32.5 Å². The Morgan fingerprint density at radius 1 is 1.47 bits per heavy atom. The first-order chi connectivity index (χ1) is 8.77. The number of thiophene rings is 1. The third kappa shape index (κ3) is 5.10. The summed E-state index contributed by atoms with van der Waals surface area (Å²) in [6.45, 7) is 4.15. The summed E-state index contributed by atoms with van der Waals surface area (Å²) in [5, 5.41) is 17.8. The number of hydrogen-bond acceptors (Lipinski definition) is 6. The van der Waals surface area contributed by atoms with E-state index in [-0.39, 0.29) is 12.4 Å². The van der Waals surface area contributed by atoms with Crippen molar-refractivity contribution in [2.45, 2.75) is 25.0 Å². The van der Waals surface area contributed by atoms with E-state index in [4.69, 9.17) is 0 Å². The van der Waals surface area contributed by atoms with Crippen LogP contribution >= 0.6 is 35.5 Å². The van der Waals surface area contributed by atoms with Crippen molar-refractivity contribution in [3.05, 3.63) is 21.9 Å². The number of nitrogens with one attached hydrogen (secondary N) is 1. The van der Waals surface area contributed by atoms with Gasteiger partial charge in [-0.25, -0.2) is 4.68 Å². The molecule has 2 rings (SSSR count). The van der Waals surface area contributed by atoms with E-state index in [2.05, 4.69) is 39.2 Å². The van der Waals surface area contributed by atoms with Crippen LogP contribution in [0.5, 0.6) is 0 Å². The summed E-state index contributed by atoms with van der Waals surface area (Å²) < 4.78 is 1.70. The van der Waals surface area contributed by atoms with E-state index < -0.39 is 0 Å². The second-order valence-electron chi connectivity index (χ2n) is 3.99. The average Bonchev–Trinajstić information content (AvgIpc) is 2.94. The largest absolute Gasteiger partial charge is 0.312 e. The standard InChI is InChI=1S/C11H17N5S2.ClH/c1-9-4-7-17-10(9)8-12-5-3-6-18-11-13-14-15-16(11)2;/h4,7,12H,3,5-6,8H2,1-2H3;1H. The molecular weight excluding hydrogens is 302 g/mol. The maximum Gasteiger partial charge on any atom is 0.209 e. The molecule has 0 spiro atoms. The molecular formula is C11H18ClN5S2. The fourth-order valence-electron chi connectivity index (χ4n) is 1.49. The molecule has 0 fully saturated rings. The van der Waals surface area contributed by atoms with Crippen LogP contribution in [0.15, 0.2) is 16.6 Å². The number of aryl methyl sites for hydroxylation is 2. The minimum atomic E-state index is 0. The predicted octanol–water partition coefficient (Wildman–Crippen LogP) is 2.27. The lowest BCUT2D eigenvalue weighted by Gasteiger charge is -2.03. The van der Waals surface area contributed by atoms with Gasteiger partial charge in [0, 0.05) is 24.2 Å². The van der Waals surface area contributed by atoms with Crippen LogP contribution in [0.3, 0.4) is 0 Å². The lowest BCUT2D eigenvalue weighted by Crippen LogP contribution is -2.15. The van der Waals surface area contributed by atoms with E-state index in [9.17, 15) is 0 Å². The Hall–Kier alpha value is -0.630. The van der Waals surface area contributed by atoms with Crippen LogP contribution in [0, 0.1) is 6.92 Å². The van der Waals surface area contributed by atoms with Gasteiger partial charge in [0.2, 0.25) is 5.16 Å². The van der Waals surface area contributed by atoms with Gasteiger partial charge < -0.3 is 5.32 Å². The van der Waals surface area contributed by atoms with Crippen molar-refractivity contribution < 1.29 is 0 Å². The quantitative estimate of drug-likeness (QED) is 0.627. The number of tetrazole rings is 1. The van der Waals surface area contributed by atoms with Crippen molar-refractivity contribution in [2.75, 3.05) is 12.3 Å². The maximum absolute atomic E-state index is 3.93. The summed E-state index contributed by atoms with van der Waals surface area (Å²) >= 11 is 3.51. The van der Waals surface area contributed by atoms with Crippen LogP contribution in [0.2, 0.25) is 0 Å². The van der Waals surface area contributed by atoms with Gasteiger partial charge in [0.25, 0.3) is 0 Å². The smallest absolute Gasteiger partial charge is 0.209 e. The van der Waals surface area contributed by atoms with Gasteiger partial charge in [-0.05, 0) is 47.3 Å². The minimum Gasteiger partial charge on any atom is -0.312 e. The molecule has 0 aliphatic heterocycles. The van der Waals surface area contributed by atoms with E-state index in [0.29, 0.717) is 0 Å². The van der Waals surface area contributed by atoms with E-state index in [1.807, 2.05) is 18.4 Å². The molecule has 0 aliphatic rings. The first-order valence-corrected chi connectivity index (χ1v) is 7.72. The normalized spacial score (nSPS) is 10.4. The van der Waals surface area contributed by atoms with Crippen molar-refractivity contribution >= 4 is 35.5 Å². The zero-order valence-electron chi connectivity index (χ0n) is 11.0. The highest BCUT2D eigenvalue weighted by Gasteiger charge is 2.02. The molecule has 8 heteroatoms. The molecule has 106 valence electrons. The van der Waals surface area contributed by atoms with Gasteiger partial charge in [0.15, 0.2) is 0 Å². The van der Waals surface area contributed by atoms with Gasteiger partial charge in [0.1, 0.15) is 0 Å². The average molecular weight is 320 g/mol. The Morgan fingerprint density at radius 3 is 2.95 bits per heavy atom. The number of rotatable bonds is 7. The number of aromatic nitrogens is 4. The van der Waals surface area contributed by atoms with Crippen molar-refractivity contribution in [3.63, 3.8) is 0 Å². The molecule has 0 aromatic carbocycles. The Bertz CT molecular complexity index is 441. The lowest BCUT2D eigenvalue weighted by molar-refractivity contribution is 0.661. The third-order valence-electron chi connectivity index (χ3n) is 2.56. The van der Waals surface area contributed by atoms with Crippen molar-refractivity contribution in [1.82, 2.24) is 25.5 Å². The molecule has 0 saturated heterocycles. The molecule has 0 bridgehead atoms. The van der Waals surface area contributed by atoms with Crippen LogP contribution in [0.25, 0.3) is 0 Å². The first kappa shape index (κ1) is 16.4. The van der Waals surface area contributed by atoms with E-state index in [0.717, 1.165) is 30.4 Å². The Kier molecular flexibility index (Phi) is 7.37. The highest BCUT2D eigenvalue weighted by Crippen LogP contribution is 2.15. The van der Waals surface area contributed by atoms with Crippen LogP contribution in [0.1, 0.15) is 16.9 Å². The molecule has 0 atom stereocenters. The monoisotopic (exact) mass is 319 g/mol. The van der Waals surface area contributed by atoms with Gasteiger partial charge in [-0.15, -0.1) is 28.8 Å². The molecule has 0 radical (unpaired) electrons. The molecule has 0 amide bonds. The predicted molar refractivity (Wildman–Crippen MR) is 82.1 cm³/mol. The van der Waals surface area contributed by atoms with Crippen LogP contribution in [-0.2, 0) is 13.6 Å². The minimum absolute atomic E-state index is 0. The maximum atomic E-state index is 3.93. The van der Waals surface area contributed by atoms with E-state index >= 15 is 0 Å². The third-order valence-corrected chi connectivity index (χ3v) is 4.68. The van der Waals surface area contributed by atoms with E-state index in [1.54, 1.807) is 16.4 Å². The van der Waals surface area contributed by atoms with E-state index in [1.165, 1.54) is 10.4 Å². The number of thioether (sulfide) groups is 1. The fourth-order valence-corrected chi connectivity index (χ4v) is 3.16. The topological polar surface area (TPSA) is 55.6 Å². The van der Waals surface area contributed by atoms with Gasteiger partial charge in [-0.1, -0.05) is 11.8 Å². The molecule has 0 aliphatic carbocycles. The molecule has 0 unspecified atom stereocenters. The highest BCUT2D eigenvalue weighted by atomic mass is 35.5. The van der Waals surface area contributed by atoms with Gasteiger partial charge >= 0.3 is 0 Å². The Labute approximate surface area is 127 Å². The lowest BCUT2D eigenvalue weighted by atomic mass is 10.3. The first-order valence-electron chi connectivity index (χ1n) is 5.86. The zero-order chi connectivity index (χ0) is 12.8. The molecule has 5 nitrogen and oxygen atoms in total. The van der Waals surface area contributed by atoms with Crippen LogP contribution < -0.4 is 5.32 Å². The van der Waals surface area contributed by atoms with Crippen molar-refractivity contribution in [1.29, 1.82) is 0 Å². The highest BCUT2D eigenvalue weighted by molar-refractivity contribution is 7.99. The zero-order valence-corrected chi connectivity index (χ0v) is 13.4. The number of nitrogens with zero attached hydrogens (tertiary/aromatic N) is 4. The van der Waals surface area contributed by atoms with Crippen LogP contribution in [0.4, 0.5) is 0 Å². The summed E-state index contributed by atoms with van der Waals surface area (Å²) in [6.07, 6.45) is 1.11. The SMILES string of the molecule is Cc1ccsc1CNCCCSc1nnnn1C.Cl. The number of hydrogen-bond donors (Lipinski definition) is 1. The summed E-state index contributed by atoms with van der Waals surface area (Å²) in [7, 11) is 1.86. The van der Waals surface area contributed by atoms with Crippen molar-refractivity contribution in [2.24, 2.45) is 7.05 Å². The molecule has 2 aromatic rings. The number of halogens is 1. The van der Waals surface area contributed by atoms with Gasteiger partial charge in [-0.3, -0.25) is 0 Å². The summed E-state index contributed by atoms with van der Waals surface area (Å²) in [4.78, 5) is 1.43. The second-order valence-corrected chi connectivity index (χ2v) is 6.05. The molecule has 19 heavy (non-hydrogen) atoms. The Morgan fingerprint density at radius 2 is 2.32 bits per heavy atom. The van der Waals surface area contributed by atoms with Gasteiger partial charge in [-0.2, -0.15) is 0 Å². The summed E-state index contributed by atoms with van der Waals surface area (Å²) in [5.74, 6) is 1.03. The van der Waals surface area contributed by atoms with Gasteiger partial charge in [0.05, 0.1) is 0 Å². The molecule has 2 heterocycles. The van der Waals surface area contributed by atoms with Crippen molar-refractivity contribution in [3.8, 4) is 0 Å². The second kappa shape index (κ2) is 8.52. The summed E-state index contributed by atoms with van der Waals surface area (Å²) in [6, 6.07) is 2.17. The fraction of sp³-hybridized carbons (Fsp3) is 0.545.